The SMILES string of the molecule is CC1(NC(=O)c2csc(-c3cccc(Cl)c3)n2)CCS(=O)(=O)C1. The summed E-state index contributed by atoms with van der Waals surface area (Å²) in [5, 5.41) is 5.77. The van der Waals surface area contributed by atoms with Crippen LogP contribution in [0, 0.1) is 0 Å². The Hall–Kier alpha value is -1.44. The second kappa shape index (κ2) is 5.89. The number of halogens is 1. The molecule has 1 N–H and O–H groups in total. The number of carbonyl (C=O) groups excluding carboxylic acids is 1. The van der Waals surface area contributed by atoms with Gasteiger partial charge in [0.25, 0.3) is 5.91 Å². The number of sulfone groups is 1. The van der Waals surface area contributed by atoms with Gasteiger partial charge in [0.1, 0.15) is 10.7 Å². The van der Waals surface area contributed by atoms with Gasteiger partial charge in [-0.15, -0.1) is 11.3 Å². The molecule has 23 heavy (non-hydrogen) atoms. The van der Waals surface area contributed by atoms with E-state index in [0.29, 0.717) is 16.5 Å². The van der Waals surface area contributed by atoms with E-state index in [1.165, 1.54) is 11.3 Å². The van der Waals surface area contributed by atoms with Crippen LogP contribution >= 0.6 is 22.9 Å². The second-order valence-corrected chi connectivity index (χ2v) is 9.38. The fourth-order valence-corrected chi connectivity index (χ4v) is 5.66. The van der Waals surface area contributed by atoms with E-state index in [1.807, 2.05) is 12.1 Å². The summed E-state index contributed by atoms with van der Waals surface area (Å²) in [7, 11) is -3.07. The van der Waals surface area contributed by atoms with Crippen molar-refractivity contribution < 1.29 is 13.2 Å². The molecule has 1 atom stereocenters. The first kappa shape index (κ1) is 16.4. The van der Waals surface area contributed by atoms with Crippen LogP contribution in [-0.2, 0) is 9.84 Å². The lowest BCUT2D eigenvalue weighted by Crippen LogP contribution is -2.47. The Labute approximate surface area is 143 Å². The number of hydrogen-bond donors (Lipinski definition) is 1. The smallest absolute Gasteiger partial charge is 0.271 e. The zero-order valence-corrected chi connectivity index (χ0v) is 14.8. The van der Waals surface area contributed by atoms with Crippen LogP contribution in [0.2, 0.25) is 5.02 Å². The summed E-state index contributed by atoms with van der Waals surface area (Å²) < 4.78 is 23.2. The molecule has 2 aromatic rings. The van der Waals surface area contributed by atoms with Crippen LogP contribution < -0.4 is 5.32 Å². The first-order valence-corrected chi connectivity index (χ1v) is 10.1. The topological polar surface area (TPSA) is 76.1 Å². The number of rotatable bonds is 3. The minimum Gasteiger partial charge on any atom is -0.344 e. The fraction of sp³-hybridized carbons (Fsp3) is 0.333. The molecule has 0 saturated carbocycles. The Bertz CT molecular complexity index is 863. The van der Waals surface area contributed by atoms with Gasteiger partial charge in [0.15, 0.2) is 9.84 Å². The van der Waals surface area contributed by atoms with Crippen LogP contribution in [0.3, 0.4) is 0 Å². The maximum atomic E-state index is 12.3. The monoisotopic (exact) mass is 370 g/mol. The molecular formula is C15H15ClN2O3S2. The predicted octanol–water partition coefficient (Wildman–Crippen LogP) is 2.77. The zero-order valence-electron chi connectivity index (χ0n) is 12.4. The molecule has 1 saturated heterocycles. The van der Waals surface area contributed by atoms with Crippen molar-refractivity contribution in [3.05, 3.63) is 40.4 Å². The first-order valence-electron chi connectivity index (χ1n) is 7.01. The average molecular weight is 371 g/mol. The molecule has 122 valence electrons. The molecule has 1 amide bonds. The van der Waals surface area contributed by atoms with Crippen molar-refractivity contribution >= 4 is 38.7 Å². The van der Waals surface area contributed by atoms with Crippen molar-refractivity contribution in [2.24, 2.45) is 0 Å². The van der Waals surface area contributed by atoms with E-state index in [9.17, 15) is 13.2 Å². The van der Waals surface area contributed by atoms with Crippen LogP contribution in [0.4, 0.5) is 0 Å². The van der Waals surface area contributed by atoms with Crippen molar-refractivity contribution in [2.75, 3.05) is 11.5 Å². The molecule has 0 bridgehead atoms. The Morgan fingerprint density at radius 2 is 2.22 bits per heavy atom. The lowest BCUT2D eigenvalue weighted by Gasteiger charge is -2.23. The molecule has 5 nitrogen and oxygen atoms in total. The number of nitrogens with zero attached hydrogens (tertiary/aromatic N) is 1. The van der Waals surface area contributed by atoms with Gasteiger partial charge in [-0.2, -0.15) is 0 Å². The minimum absolute atomic E-state index is 0.0307. The van der Waals surface area contributed by atoms with Gasteiger partial charge < -0.3 is 5.32 Å². The van der Waals surface area contributed by atoms with Crippen molar-refractivity contribution in [3.63, 3.8) is 0 Å². The highest BCUT2D eigenvalue weighted by Crippen LogP contribution is 2.27. The van der Waals surface area contributed by atoms with Crippen LogP contribution in [0.1, 0.15) is 23.8 Å². The van der Waals surface area contributed by atoms with Gasteiger partial charge in [0, 0.05) is 16.0 Å². The Morgan fingerprint density at radius 1 is 1.43 bits per heavy atom. The van der Waals surface area contributed by atoms with Crippen LogP contribution in [0.25, 0.3) is 10.6 Å². The lowest BCUT2D eigenvalue weighted by molar-refractivity contribution is 0.0911. The van der Waals surface area contributed by atoms with Gasteiger partial charge in [-0.25, -0.2) is 13.4 Å². The summed E-state index contributed by atoms with van der Waals surface area (Å²) in [5.74, 6) is -0.278. The molecule has 8 heteroatoms. The second-order valence-electron chi connectivity index (χ2n) is 5.91. The fourth-order valence-electron chi connectivity index (χ4n) is 2.58. The third kappa shape index (κ3) is 3.73. The maximum absolute atomic E-state index is 12.3. The quantitative estimate of drug-likeness (QED) is 0.901. The van der Waals surface area contributed by atoms with Crippen molar-refractivity contribution in [1.29, 1.82) is 0 Å². The highest BCUT2D eigenvalue weighted by atomic mass is 35.5. The highest BCUT2D eigenvalue weighted by molar-refractivity contribution is 7.91. The maximum Gasteiger partial charge on any atom is 0.271 e. The van der Waals surface area contributed by atoms with Gasteiger partial charge in [-0.3, -0.25) is 4.79 Å². The van der Waals surface area contributed by atoms with Gasteiger partial charge in [-0.05, 0) is 25.5 Å². The van der Waals surface area contributed by atoms with E-state index in [1.54, 1.807) is 24.4 Å². The summed E-state index contributed by atoms with van der Waals surface area (Å²) in [4.78, 5) is 16.7. The number of benzene rings is 1. The summed E-state index contributed by atoms with van der Waals surface area (Å²) in [6, 6.07) is 7.25. The van der Waals surface area contributed by atoms with E-state index >= 15 is 0 Å². The van der Waals surface area contributed by atoms with Gasteiger partial charge in [0.2, 0.25) is 0 Å². The molecule has 1 aromatic heterocycles. The molecule has 2 heterocycles. The van der Waals surface area contributed by atoms with Crippen molar-refractivity contribution in [1.82, 2.24) is 10.3 Å². The number of aromatic nitrogens is 1. The Morgan fingerprint density at radius 3 is 2.87 bits per heavy atom. The summed E-state index contributed by atoms with van der Waals surface area (Å²) in [6.07, 6.45) is 0.423. The summed E-state index contributed by atoms with van der Waals surface area (Å²) in [6.45, 7) is 1.75. The van der Waals surface area contributed by atoms with Crippen LogP contribution in [0.5, 0.6) is 0 Å². The van der Waals surface area contributed by atoms with Crippen molar-refractivity contribution in [2.45, 2.75) is 18.9 Å². The van der Waals surface area contributed by atoms with E-state index < -0.39 is 15.4 Å². The number of carbonyl (C=O) groups is 1. The van der Waals surface area contributed by atoms with E-state index in [0.717, 1.165) is 5.56 Å². The van der Waals surface area contributed by atoms with Gasteiger partial charge >= 0.3 is 0 Å². The molecule has 0 aliphatic carbocycles. The Balaban J connectivity index is 1.77. The normalized spacial score (nSPS) is 22.9. The zero-order chi connectivity index (χ0) is 16.7. The molecule has 1 aliphatic rings. The average Bonchev–Trinajstić information content (AvgIpc) is 3.04. The minimum atomic E-state index is -3.07. The van der Waals surface area contributed by atoms with Crippen LogP contribution in [-0.4, -0.2) is 36.4 Å². The van der Waals surface area contributed by atoms with E-state index in [4.69, 9.17) is 11.6 Å². The largest absolute Gasteiger partial charge is 0.344 e. The molecular weight excluding hydrogens is 356 g/mol. The number of thiazole rings is 1. The number of nitrogens with one attached hydrogen (secondary N) is 1. The van der Waals surface area contributed by atoms with Crippen molar-refractivity contribution in [3.8, 4) is 10.6 Å². The van der Waals surface area contributed by atoms with Crippen LogP contribution in [0.15, 0.2) is 29.6 Å². The van der Waals surface area contributed by atoms with E-state index in [-0.39, 0.29) is 23.1 Å². The van der Waals surface area contributed by atoms with Gasteiger partial charge in [-0.1, -0.05) is 23.7 Å². The summed E-state index contributed by atoms with van der Waals surface area (Å²) >= 11 is 7.31. The first-order chi connectivity index (χ1) is 10.8. The van der Waals surface area contributed by atoms with Gasteiger partial charge in [0.05, 0.1) is 17.0 Å². The predicted molar refractivity (Wildman–Crippen MR) is 91.7 cm³/mol. The molecule has 3 rings (SSSR count). The molecule has 1 aromatic carbocycles. The number of hydrogen-bond acceptors (Lipinski definition) is 5. The standard InChI is InChI=1S/C15H15ClN2O3S2/c1-15(5-6-23(20,21)9-15)18-13(19)12-8-22-14(17-12)10-3-2-4-11(16)7-10/h2-4,7-8H,5-6,9H2,1H3,(H,18,19). The molecule has 1 fully saturated rings. The Kier molecular flexibility index (Phi) is 4.20. The molecule has 1 unspecified atom stereocenters. The lowest BCUT2D eigenvalue weighted by atomic mass is 10.0. The number of amides is 1. The highest BCUT2D eigenvalue weighted by Gasteiger charge is 2.39. The molecule has 0 radical (unpaired) electrons. The third-order valence-electron chi connectivity index (χ3n) is 3.73. The molecule has 1 aliphatic heterocycles. The third-order valence-corrected chi connectivity index (χ3v) is 6.76. The molecule has 0 spiro atoms. The summed E-state index contributed by atoms with van der Waals surface area (Å²) in [5.41, 5.74) is 0.405. The van der Waals surface area contributed by atoms with E-state index in [2.05, 4.69) is 10.3 Å².